The summed E-state index contributed by atoms with van der Waals surface area (Å²) in [5.74, 6) is -0.793. The summed E-state index contributed by atoms with van der Waals surface area (Å²) in [6.07, 6.45) is -4.41. The third-order valence-corrected chi connectivity index (χ3v) is 2.80. The van der Waals surface area contributed by atoms with E-state index in [0.717, 1.165) is 12.1 Å². The van der Waals surface area contributed by atoms with Crippen molar-refractivity contribution in [2.24, 2.45) is 5.73 Å². The fourth-order valence-electron chi connectivity index (χ4n) is 1.52. The van der Waals surface area contributed by atoms with Crippen LogP contribution >= 0.6 is 11.6 Å². The smallest absolute Gasteiger partial charge is 0.366 e. The van der Waals surface area contributed by atoms with Crippen LogP contribution in [-0.2, 0) is 6.18 Å². The molecular formula is C12H7ClF3N3O. The Hall–Kier alpha value is -2.15. The second-order valence-corrected chi connectivity index (χ2v) is 4.23. The predicted octanol–water partition coefficient (Wildman–Crippen LogP) is 2.91. The van der Waals surface area contributed by atoms with Crippen molar-refractivity contribution in [3.63, 3.8) is 0 Å². The minimum absolute atomic E-state index is 0.0448. The molecule has 4 nitrogen and oxygen atoms in total. The lowest BCUT2D eigenvalue weighted by molar-refractivity contribution is -0.137. The van der Waals surface area contributed by atoms with Crippen molar-refractivity contribution in [1.82, 2.24) is 10.2 Å². The van der Waals surface area contributed by atoms with Gasteiger partial charge in [-0.15, -0.1) is 10.2 Å². The molecule has 0 fully saturated rings. The van der Waals surface area contributed by atoms with Crippen LogP contribution in [0.25, 0.3) is 11.3 Å². The molecule has 0 radical (unpaired) electrons. The molecule has 2 rings (SSSR count). The number of hydrogen-bond donors (Lipinski definition) is 1. The first kappa shape index (κ1) is 14.3. The third kappa shape index (κ3) is 2.88. The molecule has 1 aromatic carbocycles. The first-order valence-electron chi connectivity index (χ1n) is 5.29. The average Bonchev–Trinajstić information content (AvgIpc) is 2.38. The molecule has 1 amide bonds. The van der Waals surface area contributed by atoms with Crippen LogP contribution in [0.1, 0.15) is 15.9 Å². The van der Waals surface area contributed by atoms with Crippen LogP contribution in [0.5, 0.6) is 0 Å². The molecule has 2 aromatic rings. The molecule has 0 saturated heterocycles. The molecule has 0 saturated carbocycles. The maximum absolute atomic E-state index is 12.4. The van der Waals surface area contributed by atoms with Crippen molar-refractivity contribution < 1.29 is 18.0 Å². The van der Waals surface area contributed by atoms with Crippen molar-refractivity contribution >= 4 is 17.5 Å². The summed E-state index contributed by atoms with van der Waals surface area (Å²) in [6.45, 7) is 0. The number of carbonyl (C=O) groups is 1. The normalized spacial score (nSPS) is 11.4. The highest BCUT2D eigenvalue weighted by atomic mass is 35.5. The monoisotopic (exact) mass is 301 g/mol. The van der Waals surface area contributed by atoms with Gasteiger partial charge in [-0.3, -0.25) is 4.79 Å². The number of halogens is 4. The molecule has 1 heterocycles. The van der Waals surface area contributed by atoms with E-state index < -0.39 is 17.6 Å². The standard InChI is InChI=1S/C12H7ClF3N3O/c13-10-8(11(17)20)5-9(18-19-10)6-1-3-7(4-2-6)12(14,15)16/h1-5H,(H2,17,20). The topological polar surface area (TPSA) is 68.9 Å². The lowest BCUT2D eigenvalue weighted by Crippen LogP contribution is -2.13. The van der Waals surface area contributed by atoms with E-state index >= 15 is 0 Å². The fraction of sp³-hybridized carbons (Fsp3) is 0.0833. The van der Waals surface area contributed by atoms with E-state index in [-0.39, 0.29) is 16.4 Å². The van der Waals surface area contributed by atoms with Gasteiger partial charge in [0.15, 0.2) is 5.15 Å². The van der Waals surface area contributed by atoms with Gasteiger partial charge in [0.2, 0.25) is 0 Å². The van der Waals surface area contributed by atoms with Crippen molar-refractivity contribution in [2.75, 3.05) is 0 Å². The van der Waals surface area contributed by atoms with Crippen LogP contribution in [-0.4, -0.2) is 16.1 Å². The highest BCUT2D eigenvalue weighted by Gasteiger charge is 2.30. The average molecular weight is 302 g/mol. The van der Waals surface area contributed by atoms with Crippen molar-refractivity contribution in [1.29, 1.82) is 0 Å². The Balaban J connectivity index is 2.42. The van der Waals surface area contributed by atoms with E-state index in [1.807, 2.05) is 0 Å². The quantitative estimate of drug-likeness (QED) is 0.927. The second kappa shape index (κ2) is 5.09. The molecule has 0 aliphatic rings. The summed E-state index contributed by atoms with van der Waals surface area (Å²) in [6, 6.07) is 5.56. The van der Waals surface area contributed by atoms with Gasteiger partial charge in [0, 0.05) is 5.56 Å². The molecule has 0 aliphatic heterocycles. The number of hydrogen-bond acceptors (Lipinski definition) is 3. The van der Waals surface area contributed by atoms with Crippen LogP contribution < -0.4 is 5.73 Å². The van der Waals surface area contributed by atoms with Crippen LogP contribution in [0.3, 0.4) is 0 Å². The minimum atomic E-state index is -4.41. The van der Waals surface area contributed by atoms with E-state index in [9.17, 15) is 18.0 Å². The molecule has 8 heteroatoms. The number of nitrogens with zero attached hydrogens (tertiary/aromatic N) is 2. The number of amides is 1. The summed E-state index contributed by atoms with van der Waals surface area (Å²) < 4.78 is 37.3. The molecule has 0 aliphatic carbocycles. The number of alkyl halides is 3. The lowest BCUT2D eigenvalue weighted by atomic mass is 10.1. The summed E-state index contributed by atoms with van der Waals surface area (Å²) in [4.78, 5) is 11.1. The van der Waals surface area contributed by atoms with Crippen molar-refractivity contribution in [2.45, 2.75) is 6.18 Å². The van der Waals surface area contributed by atoms with Crippen LogP contribution in [0.2, 0.25) is 5.15 Å². The highest BCUT2D eigenvalue weighted by Crippen LogP contribution is 2.30. The van der Waals surface area contributed by atoms with Crippen molar-refractivity contribution in [3.8, 4) is 11.3 Å². The van der Waals surface area contributed by atoms with Gasteiger partial charge in [0.25, 0.3) is 5.91 Å². The van der Waals surface area contributed by atoms with Gasteiger partial charge in [-0.25, -0.2) is 0 Å². The SMILES string of the molecule is NC(=O)c1cc(-c2ccc(C(F)(F)F)cc2)nnc1Cl. The molecule has 0 spiro atoms. The molecule has 104 valence electrons. The Morgan fingerprint density at radius 1 is 1.15 bits per heavy atom. The Kier molecular flexibility index (Phi) is 3.63. The summed E-state index contributed by atoms with van der Waals surface area (Å²) >= 11 is 5.64. The van der Waals surface area contributed by atoms with Crippen LogP contribution in [0.4, 0.5) is 13.2 Å². The van der Waals surface area contributed by atoms with E-state index in [0.29, 0.717) is 5.56 Å². The number of nitrogens with two attached hydrogens (primary N) is 1. The molecule has 20 heavy (non-hydrogen) atoms. The second-order valence-electron chi connectivity index (χ2n) is 3.87. The molecule has 2 N–H and O–H groups in total. The van der Waals surface area contributed by atoms with Gasteiger partial charge in [-0.2, -0.15) is 13.2 Å². The molecule has 1 aromatic heterocycles. The Morgan fingerprint density at radius 3 is 2.25 bits per heavy atom. The summed E-state index contributed by atoms with van der Waals surface area (Å²) in [5.41, 5.74) is 4.85. The first-order chi connectivity index (χ1) is 9.29. The van der Waals surface area contributed by atoms with E-state index in [1.165, 1.54) is 18.2 Å². The number of aromatic nitrogens is 2. The molecule has 0 unspecified atom stereocenters. The zero-order valence-electron chi connectivity index (χ0n) is 9.78. The summed E-state index contributed by atoms with van der Waals surface area (Å²) in [7, 11) is 0. The first-order valence-corrected chi connectivity index (χ1v) is 5.67. The molecule has 0 atom stereocenters. The zero-order valence-corrected chi connectivity index (χ0v) is 10.5. The number of benzene rings is 1. The predicted molar refractivity (Wildman–Crippen MR) is 66.0 cm³/mol. The van der Waals surface area contributed by atoms with E-state index in [4.69, 9.17) is 17.3 Å². The fourth-order valence-corrected chi connectivity index (χ4v) is 1.71. The Morgan fingerprint density at radius 2 is 1.75 bits per heavy atom. The molecule has 0 bridgehead atoms. The highest BCUT2D eigenvalue weighted by molar-refractivity contribution is 6.32. The maximum atomic E-state index is 12.4. The van der Waals surface area contributed by atoms with E-state index in [1.54, 1.807) is 0 Å². The number of carbonyl (C=O) groups excluding carboxylic acids is 1. The summed E-state index contributed by atoms with van der Waals surface area (Å²) in [5, 5.41) is 7.09. The third-order valence-electron chi connectivity index (χ3n) is 2.52. The van der Waals surface area contributed by atoms with Gasteiger partial charge in [-0.1, -0.05) is 23.7 Å². The largest absolute Gasteiger partial charge is 0.416 e. The number of primary amides is 1. The Labute approximate surface area is 116 Å². The van der Waals surface area contributed by atoms with Crippen LogP contribution in [0.15, 0.2) is 30.3 Å². The van der Waals surface area contributed by atoms with Crippen LogP contribution in [0, 0.1) is 0 Å². The lowest BCUT2D eigenvalue weighted by Gasteiger charge is -2.07. The van der Waals surface area contributed by atoms with Gasteiger partial charge in [0.05, 0.1) is 16.8 Å². The Bertz CT molecular complexity index is 656. The van der Waals surface area contributed by atoms with Gasteiger partial charge in [0.1, 0.15) is 0 Å². The molecular weight excluding hydrogens is 295 g/mol. The van der Waals surface area contributed by atoms with Gasteiger partial charge in [-0.05, 0) is 18.2 Å². The number of rotatable bonds is 2. The van der Waals surface area contributed by atoms with Crippen molar-refractivity contribution in [3.05, 3.63) is 46.6 Å². The minimum Gasteiger partial charge on any atom is -0.366 e. The van der Waals surface area contributed by atoms with E-state index in [2.05, 4.69) is 10.2 Å². The maximum Gasteiger partial charge on any atom is 0.416 e. The van der Waals surface area contributed by atoms with Gasteiger partial charge >= 0.3 is 6.18 Å². The zero-order chi connectivity index (χ0) is 14.9. The van der Waals surface area contributed by atoms with Gasteiger partial charge < -0.3 is 5.73 Å².